The smallest absolute Gasteiger partial charge is 0.118 e. The summed E-state index contributed by atoms with van der Waals surface area (Å²) in [6.07, 6.45) is 4.61. The van der Waals surface area contributed by atoms with Crippen LogP contribution in [0.5, 0.6) is 5.75 Å². The molecule has 0 bridgehead atoms. The van der Waals surface area contributed by atoms with Gasteiger partial charge in [-0.25, -0.2) is 0 Å². The molecule has 1 heterocycles. The summed E-state index contributed by atoms with van der Waals surface area (Å²) in [6, 6.07) is 12.4. The fourth-order valence-corrected chi connectivity index (χ4v) is 2.19. The molecule has 3 nitrogen and oxygen atoms in total. The molecule has 2 aromatic rings. The summed E-state index contributed by atoms with van der Waals surface area (Å²) < 4.78 is 5.15. The third kappa shape index (κ3) is 4.07. The van der Waals surface area contributed by atoms with Crippen LogP contribution >= 0.6 is 0 Å². The van der Waals surface area contributed by atoms with E-state index in [2.05, 4.69) is 36.2 Å². The van der Waals surface area contributed by atoms with Gasteiger partial charge in [-0.05, 0) is 42.2 Å². The minimum absolute atomic E-state index is 0.0865. The lowest BCUT2D eigenvalue weighted by Gasteiger charge is -2.12. The molecule has 0 aliphatic carbocycles. The third-order valence-electron chi connectivity index (χ3n) is 3.42. The van der Waals surface area contributed by atoms with Crippen molar-refractivity contribution in [2.24, 2.45) is 5.73 Å². The van der Waals surface area contributed by atoms with Crippen LogP contribution in [-0.2, 0) is 19.3 Å². The SMILES string of the molecule is CCc1ccc(CC(N)Cc2ccc(OC)cc2)nc1. The van der Waals surface area contributed by atoms with E-state index in [1.54, 1.807) is 7.11 Å². The number of aryl methyl sites for hydroxylation is 1. The van der Waals surface area contributed by atoms with Crippen molar-refractivity contribution in [1.82, 2.24) is 4.98 Å². The van der Waals surface area contributed by atoms with Gasteiger partial charge in [0.25, 0.3) is 0 Å². The van der Waals surface area contributed by atoms with Gasteiger partial charge < -0.3 is 10.5 Å². The minimum atomic E-state index is 0.0865. The maximum Gasteiger partial charge on any atom is 0.118 e. The van der Waals surface area contributed by atoms with Crippen LogP contribution in [0, 0.1) is 0 Å². The zero-order chi connectivity index (χ0) is 14.4. The molecule has 0 amide bonds. The summed E-state index contributed by atoms with van der Waals surface area (Å²) in [4.78, 5) is 4.46. The van der Waals surface area contributed by atoms with Crippen molar-refractivity contribution in [3.05, 3.63) is 59.4 Å². The van der Waals surface area contributed by atoms with Crippen molar-refractivity contribution in [2.45, 2.75) is 32.2 Å². The summed E-state index contributed by atoms with van der Waals surface area (Å²) in [5.41, 5.74) is 9.75. The maximum absolute atomic E-state index is 6.21. The van der Waals surface area contributed by atoms with Crippen molar-refractivity contribution >= 4 is 0 Å². The van der Waals surface area contributed by atoms with Gasteiger partial charge in [-0.15, -0.1) is 0 Å². The third-order valence-corrected chi connectivity index (χ3v) is 3.42. The zero-order valence-corrected chi connectivity index (χ0v) is 12.2. The lowest BCUT2D eigenvalue weighted by molar-refractivity contribution is 0.414. The van der Waals surface area contributed by atoms with E-state index in [0.717, 1.165) is 30.7 Å². The van der Waals surface area contributed by atoms with Crippen molar-refractivity contribution in [3.63, 3.8) is 0 Å². The molecule has 0 spiro atoms. The number of nitrogens with two attached hydrogens (primary N) is 1. The van der Waals surface area contributed by atoms with Crippen LogP contribution in [0.1, 0.15) is 23.7 Å². The second-order valence-corrected chi connectivity index (χ2v) is 5.03. The Bertz CT molecular complexity index is 470. The first kappa shape index (κ1) is 14.5. The lowest BCUT2D eigenvalue weighted by atomic mass is 10.0. The molecule has 0 aliphatic heterocycles. The summed E-state index contributed by atoms with van der Waals surface area (Å²) >= 11 is 0. The molecule has 0 saturated carbocycles. The Kier molecular flexibility index (Phi) is 5.13. The largest absolute Gasteiger partial charge is 0.497 e. The van der Waals surface area contributed by atoms with E-state index in [4.69, 9.17) is 10.5 Å². The summed E-state index contributed by atoms with van der Waals surface area (Å²) in [7, 11) is 1.67. The molecule has 0 aliphatic rings. The van der Waals surface area contributed by atoms with Crippen LogP contribution in [0.25, 0.3) is 0 Å². The highest BCUT2D eigenvalue weighted by Crippen LogP contribution is 2.13. The highest BCUT2D eigenvalue weighted by Gasteiger charge is 2.07. The average Bonchev–Trinajstić information content (AvgIpc) is 2.49. The quantitative estimate of drug-likeness (QED) is 0.878. The molecule has 2 N–H and O–H groups in total. The summed E-state index contributed by atoms with van der Waals surface area (Å²) in [6.45, 7) is 2.13. The zero-order valence-electron chi connectivity index (χ0n) is 12.2. The van der Waals surface area contributed by atoms with E-state index < -0.39 is 0 Å². The van der Waals surface area contributed by atoms with Gasteiger partial charge in [0, 0.05) is 24.4 Å². The molecule has 3 heteroatoms. The van der Waals surface area contributed by atoms with Gasteiger partial charge in [0.1, 0.15) is 5.75 Å². The van der Waals surface area contributed by atoms with E-state index in [-0.39, 0.29) is 6.04 Å². The molecule has 20 heavy (non-hydrogen) atoms. The number of aromatic nitrogens is 1. The van der Waals surface area contributed by atoms with E-state index in [1.807, 2.05) is 18.3 Å². The van der Waals surface area contributed by atoms with Crippen LogP contribution < -0.4 is 10.5 Å². The standard InChI is InChI=1S/C17H22N2O/c1-3-13-4-7-16(19-12-13)11-15(18)10-14-5-8-17(20-2)9-6-14/h4-9,12,15H,3,10-11,18H2,1-2H3. The van der Waals surface area contributed by atoms with Gasteiger partial charge in [-0.3, -0.25) is 4.98 Å². The van der Waals surface area contributed by atoms with Crippen LogP contribution in [0.4, 0.5) is 0 Å². The van der Waals surface area contributed by atoms with Gasteiger partial charge in [0.15, 0.2) is 0 Å². The fourth-order valence-electron chi connectivity index (χ4n) is 2.19. The fraction of sp³-hybridized carbons (Fsp3) is 0.353. The summed E-state index contributed by atoms with van der Waals surface area (Å²) in [5, 5.41) is 0. The Hall–Kier alpha value is -1.87. The van der Waals surface area contributed by atoms with Gasteiger partial charge >= 0.3 is 0 Å². The number of benzene rings is 1. The molecule has 1 atom stereocenters. The minimum Gasteiger partial charge on any atom is -0.497 e. The lowest BCUT2D eigenvalue weighted by Crippen LogP contribution is -2.25. The van der Waals surface area contributed by atoms with Crippen molar-refractivity contribution in [2.75, 3.05) is 7.11 Å². The Morgan fingerprint density at radius 3 is 2.30 bits per heavy atom. The Morgan fingerprint density at radius 1 is 1.05 bits per heavy atom. The molecular formula is C17H22N2O. The molecule has 0 radical (unpaired) electrons. The maximum atomic E-state index is 6.21. The molecule has 1 unspecified atom stereocenters. The molecule has 2 rings (SSSR count). The van der Waals surface area contributed by atoms with E-state index >= 15 is 0 Å². The molecule has 1 aromatic heterocycles. The van der Waals surface area contributed by atoms with E-state index in [9.17, 15) is 0 Å². The first-order valence-electron chi connectivity index (χ1n) is 7.03. The number of nitrogens with zero attached hydrogens (tertiary/aromatic N) is 1. The van der Waals surface area contributed by atoms with E-state index in [1.165, 1.54) is 11.1 Å². The number of ether oxygens (including phenoxy) is 1. The molecule has 1 aromatic carbocycles. The Balaban J connectivity index is 1.91. The van der Waals surface area contributed by atoms with Crippen LogP contribution in [0.3, 0.4) is 0 Å². The van der Waals surface area contributed by atoms with Crippen LogP contribution in [-0.4, -0.2) is 18.1 Å². The number of rotatable bonds is 6. The van der Waals surface area contributed by atoms with Crippen LogP contribution in [0.2, 0.25) is 0 Å². The van der Waals surface area contributed by atoms with Gasteiger partial charge in [0.05, 0.1) is 7.11 Å². The topological polar surface area (TPSA) is 48.1 Å². The average molecular weight is 270 g/mol. The number of pyridine rings is 1. The molecule has 0 saturated heterocycles. The normalized spacial score (nSPS) is 12.2. The van der Waals surface area contributed by atoms with Crippen LogP contribution in [0.15, 0.2) is 42.6 Å². The first-order valence-corrected chi connectivity index (χ1v) is 7.03. The second kappa shape index (κ2) is 7.06. The van der Waals surface area contributed by atoms with Gasteiger partial charge in [-0.2, -0.15) is 0 Å². The number of hydrogen-bond donors (Lipinski definition) is 1. The molecule has 0 fully saturated rings. The van der Waals surface area contributed by atoms with Crippen molar-refractivity contribution < 1.29 is 4.74 Å². The monoisotopic (exact) mass is 270 g/mol. The highest BCUT2D eigenvalue weighted by molar-refractivity contribution is 5.27. The number of hydrogen-bond acceptors (Lipinski definition) is 3. The van der Waals surface area contributed by atoms with Gasteiger partial charge in [0.2, 0.25) is 0 Å². The Morgan fingerprint density at radius 2 is 1.75 bits per heavy atom. The first-order chi connectivity index (χ1) is 9.71. The number of methoxy groups -OCH3 is 1. The van der Waals surface area contributed by atoms with Crippen molar-refractivity contribution in [3.8, 4) is 5.75 Å². The molecular weight excluding hydrogens is 248 g/mol. The molecule has 106 valence electrons. The predicted octanol–water partition coefficient (Wildman–Crippen LogP) is 2.77. The van der Waals surface area contributed by atoms with E-state index in [0.29, 0.717) is 0 Å². The highest BCUT2D eigenvalue weighted by atomic mass is 16.5. The van der Waals surface area contributed by atoms with Gasteiger partial charge in [-0.1, -0.05) is 25.1 Å². The van der Waals surface area contributed by atoms with Crippen molar-refractivity contribution in [1.29, 1.82) is 0 Å². The Labute approximate surface area is 120 Å². The second-order valence-electron chi connectivity index (χ2n) is 5.03. The predicted molar refractivity (Wildman–Crippen MR) is 82.0 cm³/mol. The summed E-state index contributed by atoms with van der Waals surface area (Å²) in [5.74, 6) is 0.874.